The molecule has 9 heteroatoms. The number of carbonyl (C=O) groups excluding carboxylic acids is 1. The van der Waals surface area contributed by atoms with Crippen LogP contribution in [-0.4, -0.2) is 38.7 Å². The molecule has 2 aromatic rings. The van der Waals surface area contributed by atoms with Crippen LogP contribution < -0.4 is 19.9 Å². The molecule has 3 rings (SSSR count). The highest BCUT2D eigenvalue weighted by atomic mass is 32.2. The van der Waals surface area contributed by atoms with E-state index in [1.165, 1.54) is 12.3 Å². The van der Waals surface area contributed by atoms with Crippen molar-refractivity contribution in [3.8, 4) is 11.5 Å². The van der Waals surface area contributed by atoms with Crippen molar-refractivity contribution in [2.24, 2.45) is 12.2 Å². The molecule has 0 aliphatic carbocycles. The summed E-state index contributed by atoms with van der Waals surface area (Å²) in [6.45, 7) is 0.342. The smallest absolute Gasteiger partial charge is 0.239 e. The molecule has 1 aliphatic rings. The normalized spacial score (nSPS) is 16.5. The number of fused-ring (bicyclic) bond motifs is 1. The average molecular weight is 379 g/mol. The van der Waals surface area contributed by atoms with Gasteiger partial charge in [0.2, 0.25) is 15.9 Å². The Morgan fingerprint density at radius 3 is 2.88 bits per heavy atom. The van der Waals surface area contributed by atoms with E-state index in [4.69, 9.17) is 14.6 Å². The van der Waals surface area contributed by atoms with Crippen LogP contribution in [0.1, 0.15) is 11.3 Å². The molecule has 0 bridgehead atoms. The quantitative estimate of drug-likeness (QED) is 0.778. The van der Waals surface area contributed by atoms with Gasteiger partial charge in [-0.15, -0.1) is 0 Å². The minimum Gasteiger partial charge on any atom is -0.493 e. The molecule has 0 saturated heterocycles. The highest BCUT2D eigenvalue weighted by Crippen LogP contribution is 2.34. The Bertz CT molecular complexity index is 936. The highest BCUT2D eigenvalue weighted by molar-refractivity contribution is 7.89. The molecule has 3 N–H and O–H groups in total. The molecule has 1 amide bonds. The number of nitrogens with two attached hydrogens (primary N) is 1. The van der Waals surface area contributed by atoms with Gasteiger partial charge in [0.25, 0.3) is 0 Å². The second kappa shape index (κ2) is 7.00. The number of aromatic nitrogens is 1. The number of methoxy groups -OCH3 is 1. The Morgan fingerprint density at radius 2 is 2.23 bits per heavy atom. The van der Waals surface area contributed by atoms with Crippen LogP contribution in [-0.2, 0) is 34.7 Å². The number of hydrogen-bond acceptors (Lipinski definition) is 5. The van der Waals surface area contributed by atoms with Crippen molar-refractivity contribution in [2.75, 3.05) is 13.7 Å². The largest absolute Gasteiger partial charge is 0.493 e. The third-order valence-electron chi connectivity index (χ3n) is 4.29. The number of para-hydroxylation sites is 1. The number of benzene rings is 1. The van der Waals surface area contributed by atoms with Crippen molar-refractivity contribution in [3.05, 3.63) is 41.7 Å². The number of carbonyl (C=O) groups is 1. The summed E-state index contributed by atoms with van der Waals surface area (Å²) in [5.41, 5.74) is 1.53. The van der Waals surface area contributed by atoms with Gasteiger partial charge in [-0.05, 0) is 18.6 Å². The summed E-state index contributed by atoms with van der Waals surface area (Å²) >= 11 is 0. The predicted molar refractivity (Wildman–Crippen MR) is 94.6 cm³/mol. The van der Waals surface area contributed by atoms with E-state index in [1.807, 2.05) is 18.2 Å². The molecule has 0 saturated carbocycles. The van der Waals surface area contributed by atoms with Crippen LogP contribution in [0.5, 0.6) is 11.5 Å². The van der Waals surface area contributed by atoms with Crippen LogP contribution in [0.3, 0.4) is 0 Å². The van der Waals surface area contributed by atoms with Crippen LogP contribution in [0.25, 0.3) is 0 Å². The van der Waals surface area contributed by atoms with Gasteiger partial charge in [-0.3, -0.25) is 4.79 Å². The van der Waals surface area contributed by atoms with Crippen molar-refractivity contribution in [1.82, 2.24) is 9.88 Å². The van der Waals surface area contributed by atoms with Crippen LogP contribution in [0.2, 0.25) is 0 Å². The van der Waals surface area contributed by atoms with Gasteiger partial charge in [0.05, 0.1) is 24.5 Å². The summed E-state index contributed by atoms with van der Waals surface area (Å²) in [6, 6.07) is 6.89. The lowest BCUT2D eigenvalue weighted by Crippen LogP contribution is -2.43. The Balaban J connectivity index is 1.65. The van der Waals surface area contributed by atoms with Gasteiger partial charge in [0, 0.05) is 24.5 Å². The molecule has 2 heterocycles. The van der Waals surface area contributed by atoms with Gasteiger partial charge in [-0.1, -0.05) is 12.1 Å². The fraction of sp³-hybridized carbons (Fsp3) is 0.353. The zero-order valence-corrected chi connectivity index (χ0v) is 15.4. The van der Waals surface area contributed by atoms with Crippen molar-refractivity contribution in [1.29, 1.82) is 0 Å². The molecule has 0 radical (unpaired) electrons. The van der Waals surface area contributed by atoms with Crippen LogP contribution in [0, 0.1) is 0 Å². The van der Waals surface area contributed by atoms with Gasteiger partial charge in [-0.25, -0.2) is 13.6 Å². The van der Waals surface area contributed by atoms with E-state index in [9.17, 15) is 13.2 Å². The minimum atomic E-state index is -3.79. The van der Waals surface area contributed by atoms with Crippen LogP contribution in [0.4, 0.5) is 0 Å². The van der Waals surface area contributed by atoms with Gasteiger partial charge in [0.15, 0.2) is 11.5 Å². The van der Waals surface area contributed by atoms with Crippen molar-refractivity contribution < 1.29 is 22.7 Å². The van der Waals surface area contributed by atoms with E-state index < -0.39 is 10.0 Å². The second-order valence-corrected chi connectivity index (χ2v) is 7.79. The number of aryl methyl sites for hydroxylation is 1. The van der Waals surface area contributed by atoms with Gasteiger partial charge in [-0.2, -0.15) is 0 Å². The number of sulfonamides is 1. The van der Waals surface area contributed by atoms with E-state index in [0.29, 0.717) is 30.2 Å². The monoisotopic (exact) mass is 379 g/mol. The topological polar surface area (TPSA) is 113 Å². The van der Waals surface area contributed by atoms with Crippen molar-refractivity contribution in [3.63, 3.8) is 0 Å². The number of ether oxygens (including phenoxy) is 2. The number of hydrogen-bond donors (Lipinski definition) is 2. The number of nitrogens with zero attached hydrogens (tertiary/aromatic N) is 1. The Kier molecular flexibility index (Phi) is 4.92. The number of amides is 1. The van der Waals surface area contributed by atoms with E-state index in [2.05, 4.69) is 5.32 Å². The van der Waals surface area contributed by atoms with Gasteiger partial charge < -0.3 is 19.4 Å². The standard InChI is InChI=1S/C17H21N3O5S/c1-20-9-14(26(18,22)23)7-13(20)8-16(21)19-12-6-11-4-3-5-15(24-2)17(11)25-10-12/h3-5,7,9,12H,6,8,10H2,1-2H3,(H,19,21)(H2,18,22,23). The maximum atomic E-state index is 12.3. The first-order chi connectivity index (χ1) is 12.3. The second-order valence-electron chi connectivity index (χ2n) is 6.23. The lowest BCUT2D eigenvalue weighted by atomic mass is 10.0. The third kappa shape index (κ3) is 3.83. The molecule has 8 nitrogen and oxygen atoms in total. The summed E-state index contributed by atoms with van der Waals surface area (Å²) in [7, 11) is -0.536. The van der Waals surface area contributed by atoms with Gasteiger partial charge in [0.1, 0.15) is 6.61 Å². The summed E-state index contributed by atoms with van der Waals surface area (Å²) in [5.74, 6) is 1.17. The van der Waals surface area contributed by atoms with Crippen LogP contribution in [0.15, 0.2) is 35.4 Å². The number of rotatable bonds is 5. The molecule has 1 unspecified atom stereocenters. The minimum absolute atomic E-state index is 0.00942. The molecule has 1 atom stereocenters. The van der Waals surface area contributed by atoms with E-state index in [-0.39, 0.29) is 23.3 Å². The van der Waals surface area contributed by atoms with Gasteiger partial charge >= 0.3 is 0 Å². The Labute approximate surface area is 151 Å². The SMILES string of the molecule is COc1cccc2c1OCC(NC(=O)Cc1cc(S(N)(=O)=O)cn1C)C2. The van der Waals surface area contributed by atoms with Crippen LogP contribution >= 0.6 is 0 Å². The summed E-state index contributed by atoms with van der Waals surface area (Å²) < 4.78 is 35.4. The highest BCUT2D eigenvalue weighted by Gasteiger charge is 2.24. The molecule has 1 aromatic heterocycles. The van der Waals surface area contributed by atoms with Crippen molar-refractivity contribution in [2.45, 2.75) is 23.8 Å². The van der Waals surface area contributed by atoms with E-state index in [1.54, 1.807) is 18.7 Å². The van der Waals surface area contributed by atoms with E-state index >= 15 is 0 Å². The Morgan fingerprint density at radius 1 is 1.46 bits per heavy atom. The lowest BCUT2D eigenvalue weighted by molar-refractivity contribution is -0.121. The molecule has 0 spiro atoms. The number of nitrogens with one attached hydrogen (secondary N) is 1. The fourth-order valence-corrected chi connectivity index (χ4v) is 3.60. The van der Waals surface area contributed by atoms with Crippen molar-refractivity contribution >= 4 is 15.9 Å². The Hall–Kier alpha value is -2.52. The zero-order chi connectivity index (χ0) is 18.9. The summed E-state index contributed by atoms with van der Waals surface area (Å²) in [5, 5.41) is 8.04. The zero-order valence-electron chi connectivity index (χ0n) is 14.6. The summed E-state index contributed by atoms with van der Waals surface area (Å²) in [4.78, 5) is 12.3. The molecule has 26 heavy (non-hydrogen) atoms. The lowest BCUT2D eigenvalue weighted by Gasteiger charge is -2.27. The van der Waals surface area contributed by atoms with E-state index in [0.717, 1.165) is 5.56 Å². The number of primary sulfonamides is 1. The molecule has 0 fully saturated rings. The fourth-order valence-electron chi connectivity index (χ4n) is 3.00. The summed E-state index contributed by atoms with van der Waals surface area (Å²) in [6.07, 6.45) is 2.07. The molecular formula is C17H21N3O5S. The maximum Gasteiger partial charge on any atom is 0.239 e. The molecule has 140 valence electrons. The first-order valence-electron chi connectivity index (χ1n) is 8.04. The third-order valence-corrected chi connectivity index (χ3v) is 5.17. The molecule has 1 aromatic carbocycles. The predicted octanol–water partition coefficient (Wildman–Crippen LogP) is 0.344. The molecular weight excluding hydrogens is 358 g/mol. The maximum absolute atomic E-state index is 12.3. The molecule has 1 aliphatic heterocycles. The first kappa shape index (κ1) is 18.3. The average Bonchev–Trinajstić information content (AvgIpc) is 2.95. The first-order valence-corrected chi connectivity index (χ1v) is 9.58.